The number of anilines is 2. The summed E-state index contributed by atoms with van der Waals surface area (Å²) in [5, 5.41) is 8.56. The van der Waals surface area contributed by atoms with Gasteiger partial charge in [-0.2, -0.15) is 4.98 Å². The van der Waals surface area contributed by atoms with Crippen molar-refractivity contribution in [2.45, 2.75) is 19.4 Å². The van der Waals surface area contributed by atoms with Gasteiger partial charge in [-0.1, -0.05) is 0 Å². The molecule has 3 N–H and O–H groups in total. The Morgan fingerprint density at radius 2 is 2.21 bits per heavy atom. The molecule has 2 aliphatic heterocycles. The number of urea groups is 1. The highest BCUT2D eigenvalue weighted by Crippen LogP contribution is 2.16. The molecule has 0 bridgehead atoms. The predicted octanol–water partition coefficient (Wildman–Crippen LogP) is 0.619. The summed E-state index contributed by atoms with van der Waals surface area (Å²) in [5.74, 6) is 1.17. The van der Waals surface area contributed by atoms with Crippen LogP contribution in [0.4, 0.5) is 16.6 Å². The molecule has 0 spiro atoms. The third-order valence-electron chi connectivity index (χ3n) is 3.45. The topological polar surface area (TPSA) is 82.2 Å². The van der Waals surface area contributed by atoms with Crippen molar-refractivity contribution in [2.24, 2.45) is 0 Å². The number of amides is 2. The second-order valence-electron chi connectivity index (χ2n) is 4.85. The summed E-state index contributed by atoms with van der Waals surface area (Å²) in [4.78, 5) is 22.2. The van der Waals surface area contributed by atoms with Crippen molar-refractivity contribution in [1.29, 1.82) is 0 Å². The summed E-state index contributed by atoms with van der Waals surface area (Å²) in [6.45, 7) is 4.69. The van der Waals surface area contributed by atoms with E-state index in [-0.39, 0.29) is 6.03 Å². The number of aromatic nitrogens is 2. The van der Waals surface area contributed by atoms with Crippen molar-refractivity contribution in [2.75, 3.05) is 36.8 Å². The lowest BCUT2D eigenvalue weighted by Gasteiger charge is -2.18. The van der Waals surface area contributed by atoms with Crippen LogP contribution in [0.3, 0.4) is 0 Å². The first-order chi connectivity index (χ1) is 9.31. The smallest absolute Gasteiger partial charge is 0.320 e. The standard InChI is InChI=1S/C12H18N6O/c19-12-15-8-9-7-14-11(16-10(9)17-12)13-3-6-18-4-1-2-5-18/h7H,1-6,8H2,(H3,13,14,15,16,17,19). The number of carbonyl (C=O) groups excluding carboxylic acids is 1. The molecule has 3 heterocycles. The minimum atomic E-state index is -0.214. The Labute approximate surface area is 111 Å². The Kier molecular flexibility index (Phi) is 3.45. The van der Waals surface area contributed by atoms with Crippen LogP contribution in [0.5, 0.6) is 0 Å². The number of hydrogen-bond donors (Lipinski definition) is 3. The quantitative estimate of drug-likeness (QED) is 0.741. The molecular formula is C12H18N6O. The zero-order valence-electron chi connectivity index (χ0n) is 10.8. The van der Waals surface area contributed by atoms with Crippen LogP contribution in [0.25, 0.3) is 0 Å². The van der Waals surface area contributed by atoms with E-state index in [1.54, 1.807) is 6.20 Å². The van der Waals surface area contributed by atoms with Gasteiger partial charge in [-0.3, -0.25) is 5.32 Å². The molecule has 0 saturated carbocycles. The van der Waals surface area contributed by atoms with Gasteiger partial charge in [-0.05, 0) is 25.9 Å². The maximum absolute atomic E-state index is 11.2. The predicted molar refractivity (Wildman–Crippen MR) is 72.1 cm³/mol. The van der Waals surface area contributed by atoms with Crippen molar-refractivity contribution in [3.63, 3.8) is 0 Å². The van der Waals surface area contributed by atoms with Crippen molar-refractivity contribution in [3.05, 3.63) is 11.8 Å². The fourth-order valence-corrected chi connectivity index (χ4v) is 2.39. The van der Waals surface area contributed by atoms with E-state index in [1.165, 1.54) is 25.9 Å². The summed E-state index contributed by atoms with van der Waals surface area (Å²) in [6.07, 6.45) is 4.34. The van der Waals surface area contributed by atoms with Crippen molar-refractivity contribution in [1.82, 2.24) is 20.2 Å². The molecule has 0 radical (unpaired) electrons. The Morgan fingerprint density at radius 3 is 3.05 bits per heavy atom. The molecule has 3 rings (SSSR count). The third kappa shape index (κ3) is 2.93. The first kappa shape index (κ1) is 12.2. The second-order valence-corrected chi connectivity index (χ2v) is 4.85. The lowest BCUT2D eigenvalue weighted by Crippen LogP contribution is -2.34. The first-order valence-electron chi connectivity index (χ1n) is 6.68. The van der Waals surface area contributed by atoms with E-state index in [9.17, 15) is 4.79 Å². The molecule has 2 aliphatic rings. The maximum atomic E-state index is 11.2. The SMILES string of the molecule is O=C1NCc2cnc(NCCN3CCCC3)nc2N1. The number of nitrogens with zero attached hydrogens (tertiary/aromatic N) is 3. The number of nitrogens with one attached hydrogen (secondary N) is 3. The van der Waals surface area contributed by atoms with E-state index in [0.717, 1.165) is 18.7 Å². The minimum absolute atomic E-state index is 0.214. The molecule has 102 valence electrons. The van der Waals surface area contributed by atoms with Crippen LogP contribution >= 0.6 is 0 Å². The lowest BCUT2D eigenvalue weighted by molar-refractivity contribution is 0.250. The molecule has 1 aromatic rings. The van der Waals surface area contributed by atoms with Crippen molar-refractivity contribution in [3.8, 4) is 0 Å². The summed E-state index contributed by atoms with van der Waals surface area (Å²) < 4.78 is 0. The number of carbonyl (C=O) groups is 1. The maximum Gasteiger partial charge on any atom is 0.320 e. The van der Waals surface area contributed by atoms with E-state index in [2.05, 4.69) is 30.8 Å². The molecule has 7 nitrogen and oxygen atoms in total. The van der Waals surface area contributed by atoms with Crippen LogP contribution in [0.2, 0.25) is 0 Å². The van der Waals surface area contributed by atoms with Gasteiger partial charge in [0.15, 0.2) is 0 Å². The fourth-order valence-electron chi connectivity index (χ4n) is 2.39. The molecule has 0 atom stereocenters. The summed E-state index contributed by atoms with van der Waals surface area (Å²) >= 11 is 0. The Hall–Kier alpha value is -1.89. The normalized spacial score (nSPS) is 18.6. The van der Waals surface area contributed by atoms with E-state index in [4.69, 9.17) is 0 Å². The fraction of sp³-hybridized carbons (Fsp3) is 0.583. The van der Waals surface area contributed by atoms with Crippen LogP contribution in [0.15, 0.2) is 6.20 Å². The van der Waals surface area contributed by atoms with Crippen LogP contribution in [-0.4, -0.2) is 47.1 Å². The molecule has 0 aliphatic carbocycles. The molecular weight excluding hydrogens is 244 g/mol. The van der Waals surface area contributed by atoms with Gasteiger partial charge < -0.3 is 15.5 Å². The lowest BCUT2D eigenvalue weighted by atomic mass is 10.3. The Bertz CT molecular complexity index is 471. The molecule has 7 heteroatoms. The minimum Gasteiger partial charge on any atom is -0.353 e. The van der Waals surface area contributed by atoms with Crippen molar-refractivity contribution < 1.29 is 4.79 Å². The van der Waals surface area contributed by atoms with Crippen LogP contribution in [0.1, 0.15) is 18.4 Å². The monoisotopic (exact) mass is 262 g/mol. The molecule has 2 amide bonds. The van der Waals surface area contributed by atoms with E-state index >= 15 is 0 Å². The van der Waals surface area contributed by atoms with E-state index in [0.29, 0.717) is 18.3 Å². The van der Waals surface area contributed by atoms with Gasteiger partial charge in [0.2, 0.25) is 5.95 Å². The van der Waals surface area contributed by atoms with Gasteiger partial charge >= 0.3 is 6.03 Å². The first-order valence-corrected chi connectivity index (χ1v) is 6.68. The number of fused-ring (bicyclic) bond motifs is 1. The Morgan fingerprint density at radius 1 is 1.37 bits per heavy atom. The molecule has 0 aromatic carbocycles. The van der Waals surface area contributed by atoms with Gasteiger partial charge in [0.1, 0.15) is 5.82 Å². The average Bonchev–Trinajstić information content (AvgIpc) is 2.91. The third-order valence-corrected chi connectivity index (χ3v) is 3.45. The van der Waals surface area contributed by atoms with E-state index in [1.807, 2.05) is 0 Å². The highest BCUT2D eigenvalue weighted by molar-refractivity contribution is 5.91. The van der Waals surface area contributed by atoms with E-state index < -0.39 is 0 Å². The summed E-state index contributed by atoms with van der Waals surface area (Å²) in [5.41, 5.74) is 0.907. The van der Waals surface area contributed by atoms with Crippen LogP contribution < -0.4 is 16.0 Å². The molecule has 19 heavy (non-hydrogen) atoms. The highest BCUT2D eigenvalue weighted by Gasteiger charge is 2.16. The molecule has 1 fully saturated rings. The summed E-state index contributed by atoms with van der Waals surface area (Å²) in [6, 6.07) is -0.214. The van der Waals surface area contributed by atoms with Crippen LogP contribution in [-0.2, 0) is 6.54 Å². The van der Waals surface area contributed by atoms with Crippen molar-refractivity contribution >= 4 is 17.8 Å². The van der Waals surface area contributed by atoms with Gasteiger partial charge in [0.05, 0.1) is 0 Å². The number of hydrogen-bond acceptors (Lipinski definition) is 5. The largest absolute Gasteiger partial charge is 0.353 e. The number of likely N-dealkylation sites (tertiary alicyclic amines) is 1. The summed E-state index contributed by atoms with van der Waals surface area (Å²) in [7, 11) is 0. The van der Waals surface area contributed by atoms with Crippen LogP contribution in [0, 0.1) is 0 Å². The van der Waals surface area contributed by atoms with Gasteiger partial charge in [-0.15, -0.1) is 0 Å². The second kappa shape index (κ2) is 5.40. The van der Waals surface area contributed by atoms with Gasteiger partial charge in [0.25, 0.3) is 0 Å². The Balaban J connectivity index is 1.56. The van der Waals surface area contributed by atoms with Gasteiger partial charge in [0, 0.05) is 31.4 Å². The highest BCUT2D eigenvalue weighted by atomic mass is 16.2. The van der Waals surface area contributed by atoms with Gasteiger partial charge in [-0.25, -0.2) is 9.78 Å². The zero-order chi connectivity index (χ0) is 13.1. The molecule has 0 unspecified atom stereocenters. The number of rotatable bonds is 4. The average molecular weight is 262 g/mol. The molecule has 1 saturated heterocycles. The zero-order valence-corrected chi connectivity index (χ0v) is 10.8. The molecule has 1 aromatic heterocycles.